The van der Waals surface area contributed by atoms with Crippen LogP contribution in [0.3, 0.4) is 0 Å². The van der Waals surface area contributed by atoms with E-state index in [0.29, 0.717) is 22.9 Å². The summed E-state index contributed by atoms with van der Waals surface area (Å²) in [5.41, 5.74) is 0.601. The number of nitrogens with one attached hydrogen (secondary N) is 1. The molecule has 0 spiro atoms. The number of halogens is 1. The largest absolute Gasteiger partial charge is 0.475 e. The van der Waals surface area contributed by atoms with Crippen molar-refractivity contribution >= 4 is 17.5 Å². The number of nitrogens with zero attached hydrogens (tertiary/aromatic N) is 1. The highest BCUT2D eigenvalue weighted by Gasteiger charge is 2.28. The normalized spacial score (nSPS) is 16.8. The Morgan fingerprint density at radius 2 is 2.09 bits per heavy atom. The van der Waals surface area contributed by atoms with Crippen LogP contribution in [0, 0.1) is 5.41 Å². The molecule has 1 aromatic rings. The van der Waals surface area contributed by atoms with E-state index in [4.69, 9.17) is 16.3 Å². The first-order valence-electron chi connectivity index (χ1n) is 8.01. The zero-order chi connectivity index (χ0) is 16.2. The molecular formula is C17H25ClN2O2. The quantitative estimate of drug-likeness (QED) is 0.852. The third kappa shape index (κ3) is 4.60. The lowest BCUT2D eigenvalue weighted by Crippen LogP contribution is -2.29. The molecular weight excluding hydrogens is 300 g/mol. The maximum Gasteiger partial charge on any atom is 0.271 e. The van der Waals surface area contributed by atoms with E-state index in [1.807, 2.05) is 13.8 Å². The lowest BCUT2D eigenvalue weighted by Gasteiger charge is -2.23. The number of hydrogen-bond donors (Lipinski definition) is 1. The summed E-state index contributed by atoms with van der Waals surface area (Å²) in [4.78, 5) is 16.5. The molecule has 1 aliphatic carbocycles. The second-order valence-corrected chi connectivity index (χ2v) is 7.08. The van der Waals surface area contributed by atoms with Gasteiger partial charge in [-0.15, -0.1) is 0 Å². The number of rotatable bonds is 6. The number of amides is 1. The Bertz CT molecular complexity index is 525. The number of ether oxygens (including phenoxy) is 1. The van der Waals surface area contributed by atoms with Crippen LogP contribution in [0.5, 0.6) is 5.88 Å². The van der Waals surface area contributed by atoms with Crippen LogP contribution >= 0.6 is 11.6 Å². The molecule has 0 aliphatic heterocycles. The smallest absolute Gasteiger partial charge is 0.271 e. The highest BCUT2D eigenvalue weighted by Crippen LogP contribution is 2.40. The molecule has 0 saturated heterocycles. The van der Waals surface area contributed by atoms with E-state index in [2.05, 4.69) is 17.2 Å². The number of pyridine rings is 1. The second-order valence-electron chi connectivity index (χ2n) is 6.67. The summed E-state index contributed by atoms with van der Waals surface area (Å²) in [7, 11) is 0. The van der Waals surface area contributed by atoms with Gasteiger partial charge in [0, 0.05) is 12.6 Å². The molecule has 0 bridgehead atoms. The SMILES string of the molecule is CC(C)Oc1ccc(Cl)c(C(=O)NCCC2(C)CCCC2)n1. The lowest BCUT2D eigenvalue weighted by molar-refractivity contribution is 0.0941. The average molecular weight is 325 g/mol. The fraction of sp³-hybridized carbons (Fsp3) is 0.647. The molecule has 1 aliphatic rings. The van der Waals surface area contributed by atoms with Crippen LogP contribution in [0.1, 0.15) is 63.4 Å². The van der Waals surface area contributed by atoms with E-state index in [0.717, 1.165) is 6.42 Å². The van der Waals surface area contributed by atoms with Crippen molar-refractivity contribution in [2.45, 2.75) is 59.0 Å². The minimum absolute atomic E-state index is 0.00639. The second kappa shape index (κ2) is 7.32. The van der Waals surface area contributed by atoms with Crippen molar-refractivity contribution in [1.82, 2.24) is 10.3 Å². The molecule has 1 amide bonds. The summed E-state index contributed by atoms with van der Waals surface area (Å²) in [5, 5.41) is 3.28. The van der Waals surface area contributed by atoms with Gasteiger partial charge in [0.1, 0.15) is 0 Å². The van der Waals surface area contributed by atoms with Gasteiger partial charge in [-0.2, -0.15) is 0 Å². The van der Waals surface area contributed by atoms with Crippen LogP contribution < -0.4 is 10.1 Å². The molecule has 1 heterocycles. The minimum atomic E-state index is -0.235. The zero-order valence-corrected chi connectivity index (χ0v) is 14.4. The highest BCUT2D eigenvalue weighted by molar-refractivity contribution is 6.33. The van der Waals surface area contributed by atoms with Crippen LogP contribution in [0.2, 0.25) is 5.02 Å². The van der Waals surface area contributed by atoms with Gasteiger partial charge in [0.2, 0.25) is 5.88 Å². The van der Waals surface area contributed by atoms with Gasteiger partial charge in [-0.1, -0.05) is 31.4 Å². The summed E-state index contributed by atoms with van der Waals surface area (Å²) >= 11 is 6.08. The number of hydrogen-bond acceptors (Lipinski definition) is 3. The van der Waals surface area contributed by atoms with Gasteiger partial charge < -0.3 is 10.1 Å². The van der Waals surface area contributed by atoms with Gasteiger partial charge in [0.05, 0.1) is 11.1 Å². The van der Waals surface area contributed by atoms with Crippen LogP contribution in [-0.2, 0) is 0 Å². The van der Waals surface area contributed by atoms with Gasteiger partial charge in [-0.05, 0) is 44.6 Å². The van der Waals surface area contributed by atoms with Crippen molar-refractivity contribution in [3.8, 4) is 5.88 Å². The molecule has 0 atom stereocenters. The Labute approximate surface area is 137 Å². The summed E-state index contributed by atoms with van der Waals surface area (Å²) < 4.78 is 5.51. The molecule has 2 rings (SSSR count). The standard InChI is InChI=1S/C17H25ClN2O2/c1-12(2)22-14-7-6-13(18)15(20-14)16(21)19-11-10-17(3)8-4-5-9-17/h6-7,12H,4-5,8-11H2,1-3H3,(H,19,21). The summed E-state index contributed by atoms with van der Waals surface area (Å²) in [6, 6.07) is 3.33. The fourth-order valence-electron chi connectivity index (χ4n) is 2.93. The Hall–Kier alpha value is -1.29. The van der Waals surface area contributed by atoms with Crippen LogP contribution in [0.25, 0.3) is 0 Å². The van der Waals surface area contributed by atoms with E-state index >= 15 is 0 Å². The van der Waals surface area contributed by atoms with E-state index < -0.39 is 0 Å². The zero-order valence-electron chi connectivity index (χ0n) is 13.6. The molecule has 1 fully saturated rings. The topological polar surface area (TPSA) is 51.2 Å². The van der Waals surface area contributed by atoms with Crippen LogP contribution in [0.4, 0.5) is 0 Å². The Balaban J connectivity index is 1.93. The molecule has 0 aromatic carbocycles. The van der Waals surface area contributed by atoms with Crippen molar-refractivity contribution < 1.29 is 9.53 Å². The lowest BCUT2D eigenvalue weighted by atomic mass is 9.85. The van der Waals surface area contributed by atoms with Crippen molar-refractivity contribution in [3.05, 3.63) is 22.8 Å². The Kier molecular flexibility index (Phi) is 5.68. The fourth-order valence-corrected chi connectivity index (χ4v) is 3.12. The third-order valence-electron chi connectivity index (χ3n) is 4.22. The van der Waals surface area contributed by atoms with Crippen LogP contribution in [-0.4, -0.2) is 23.5 Å². The third-order valence-corrected chi connectivity index (χ3v) is 4.52. The first-order valence-corrected chi connectivity index (χ1v) is 8.39. The maximum atomic E-state index is 12.3. The van der Waals surface area contributed by atoms with E-state index in [9.17, 15) is 4.79 Å². The van der Waals surface area contributed by atoms with Crippen LogP contribution in [0.15, 0.2) is 12.1 Å². The predicted molar refractivity (Wildman–Crippen MR) is 88.5 cm³/mol. The summed E-state index contributed by atoms with van der Waals surface area (Å²) in [6.45, 7) is 6.79. The average Bonchev–Trinajstić information content (AvgIpc) is 2.87. The van der Waals surface area contributed by atoms with Crippen molar-refractivity contribution in [2.24, 2.45) is 5.41 Å². The summed E-state index contributed by atoms with van der Waals surface area (Å²) in [5.74, 6) is 0.188. The number of aromatic nitrogens is 1. The molecule has 0 unspecified atom stereocenters. The molecule has 4 nitrogen and oxygen atoms in total. The monoisotopic (exact) mass is 324 g/mol. The van der Waals surface area contributed by atoms with Gasteiger partial charge in [-0.25, -0.2) is 4.98 Å². The maximum absolute atomic E-state index is 12.3. The Morgan fingerprint density at radius 1 is 1.41 bits per heavy atom. The van der Waals surface area contributed by atoms with E-state index in [1.54, 1.807) is 12.1 Å². The van der Waals surface area contributed by atoms with Gasteiger partial charge in [-0.3, -0.25) is 4.79 Å². The van der Waals surface area contributed by atoms with E-state index in [-0.39, 0.29) is 17.7 Å². The van der Waals surface area contributed by atoms with Gasteiger partial charge in [0.25, 0.3) is 5.91 Å². The first kappa shape index (κ1) is 17.1. The molecule has 5 heteroatoms. The van der Waals surface area contributed by atoms with Gasteiger partial charge >= 0.3 is 0 Å². The number of carbonyl (C=O) groups is 1. The Morgan fingerprint density at radius 3 is 2.73 bits per heavy atom. The molecule has 122 valence electrons. The predicted octanol–water partition coefficient (Wildman–Crippen LogP) is 4.22. The number of carbonyl (C=O) groups excluding carboxylic acids is 1. The molecule has 1 aromatic heterocycles. The van der Waals surface area contributed by atoms with Gasteiger partial charge in [0.15, 0.2) is 5.69 Å². The first-order chi connectivity index (χ1) is 10.4. The summed E-state index contributed by atoms with van der Waals surface area (Å²) in [6.07, 6.45) is 6.10. The van der Waals surface area contributed by atoms with Crippen molar-refractivity contribution in [1.29, 1.82) is 0 Å². The molecule has 1 saturated carbocycles. The molecule has 1 N–H and O–H groups in total. The van der Waals surface area contributed by atoms with Crippen molar-refractivity contribution in [3.63, 3.8) is 0 Å². The molecule has 22 heavy (non-hydrogen) atoms. The molecule has 0 radical (unpaired) electrons. The minimum Gasteiger partial charge on any atom is -0.475 e. The van der Waals surface area contributed by atoms with E-state index in [1.165, 1.54) is 25.7 Å². The van der Waals surface area contributed by atoms with Crippen molar-refractivity contribution in [2.75, 3.05) is 6.54 Å². The highest BCUT2D eigenvalue weighted by atomic mass is 35.5.